The molecule has 5 rings (SSSR count). The normalized spacial score (nSPS) is 17.8. The number of para-hydroxylation sites is 2. The number of ether oxygens (including phenoxy) is 1. The maximum Gasteiger partial charge on any atom is 0.174 e. The van der Waals surface area contributed by atoms with Gasteiger partial charge in [0, 0.05) is 10.7 Å². The molecule has 1 saturated heterocycles. The molecular weight excluding hydrogens is 505 g/mol. The minimum atomic E-state index is -0.367. The summed E-state index contributed by atoms with van der Waals surface area (Å²) in [7, 11) is 1.62. The van der Waals surface area contributed by atoms with E-state index in [0.717, 1.165) is 11.4 Å². The summed E-state index contributed by atoms with van der Waals surface area (Å²) < 4.78 is 27.1. The van der Waals surface area contributed by atoms with E-state index in [9.17, 15) is 4.39 Å². The molecule has 3 heterocycles. The Hall–Kier alpha value is -3.23. The summed E-state index contributed by atoms with van der Waals surface area (Å²) in [5, 5.41) is 3.91. The molecule has 0 bridgehead atoms. The number of nitrogens with zero attached hydrogens (tertiary/aromatic N) is 2. The van der Waals surface area contributed by atoms with Gasteiger partial charge in [-0.3, -0.25) is 4.98 Å². The van der Waals surface area contributed by atoms with Crippen LogP contribution in [0.5, 0.6) is 5.75 Å². The smallest absolute Gasteiger partial charge is 0.174 e. The standard InChI is InChI=1S/C25H19BrFN3O2S/c1-31-21-8-3-2-7-19(21)30-24(23(29-25(30)33)18-6-4-5-13-28-18)22-12-11-20(32-22)16-10-9-15(26)14-17(16)27/h2-14,23-24H,1H3,(H,29,33)/t23-,24+/m0/s1. The number of hydrogen-bond donors (Lipinski definition) is 1. The van der Waals surface area contributed by atoms with E-state index in [1.54, 1.807) is 31.5 Å². The summed E-state index contributed by atoms with van der Waals surface area (Å²) in [6, 6.07) is 21.3. The first-order valence-electron chi connectivity index (χ1n) is 10.3. The highest BCUT2D eigenvalue weighted by molar-refractivity contribution is 9.10. The molecule has 2 atom stereocenters. The first-order valence-corrected chi connectivity index (χ1v) is 11.5. The van der Waals surface area contributed by atoms with Crippen molar-refractivity contribution in [2.24, 2.45) is 0 Å². The molecule has 0 radical (unpaired) electrons. The second-order valence-corrected chi connectivity index (χ2v) is 8.80. The van der Waals surface area contributed by atoms with Crippen LogP contribution in [-0.4, -0.2) is 17.2 Å². The summed E-state index contributed by atoms with van der Waals surface area (Å²) in [6.07, 6.45) is 1.74. The van der Waals surface area contributed by atoms with Crippen LogP contribution in [0, 0.1) is 5.82 Å². The van der Waals surface area contributed by atoms with Crippen LogP contribution in [0.4, 0.5) is 10.1 Å². The van der Waals surface area contributed by atoms with Crippen LogP contribution in [0.2, 0.25) is 0 Å². The predicted octanol–water partition coefficient (Wildman–Crippen LogP) is 6.43. The molecule has 0 unspecified atom stereocenters. The van der Waals surface area contributed by atoms with Gasteiger partial charge in [-0.2, -0.15) is 0 Å². The van der Waals surface area contributed by atoms with E-state index in [1.807, 2.05) is 53.4 Å². The van der Waals surface area contributed by atoms with Crippen molar-refractivity contribution in [1.82, 2.24) is 10.3 Å². The van der Waals surface area contributed by atoms with Crippen molar-refractivity contribution in [3.8, 4) is 17.1 Å². The number of thiocarbonyl (C=S) groups is 1. The van der Waals surface area contributed by atoms with Gasteiger partial charge in [-0.1, -0.05) is 34.1 Å². The number of rotatable bonds is 5. The Bertz CT molecular complexity index is 1310. The first-order chi connectivity index (χ1) is 16.1. The monoisotopic (exact) mass is 523 g/mol. The zero-order valence-electron chi connectivity index (χ0n) is 17.5. The van der Waals surface area contributed by atoms with Gasteiger partial charge >= 0.3 is 0 Å². The molecule has 2 aromatic heterocycles. The number of nitrogens with one attached hydrogen (secondary N) is 1. The van der Waals surface area contributed by atoms with Crippen LogP contribution < -0.4 is 15.0 Å². The molecule has 0 amide bonds. The number of hydrogen-bond acceptors (Lipinski definition) is 4. The Kier molecular flexibility index (Phi) is 5.86. The first kappa shape index (κ1) is 21.6. The zero-order valence-corrected chi connectivity index (χ0v) is 19.9. The lowest BCUT2D eigenvalue weighted by atomic mass is 10.0. The molecule has 0 aliphatic carbocycles. The molecule has 1 fully saturated rings. The largest absolute Gasteiger partial charge is 0.495 e. The summed E-state index contributed by atoms with van der Waals surface area (Å²) in [5.74, 6) is 1.38. The lowest BCUT2D eigenvalue weighted by Gasteiger charge is -2.27. The van der Waals surface area contributed by atoms with Crippen molar-refractivity contribution in [3.05, 3.63) is 101 Å². The third-order valence-electron chi connectivity index (χ3n) is 5.56. The van der Waals surface area contributed by atoms with Gasteiger partial charge in [0.2, 0.25) is 0 Å². The Balaban J connectivity index is 1.63. The van der Waals surface area contributed by atoms with Crippen LogP contribution in [0.3, 0.4) is 0 Å². The molecule has 5 nitrogen and oxygen atoms in total. The highest BCUT2D eigenvalue weighted by Crippen LogP contribution is 2.45. The van der Waals surface area contributed by atoms with Gasteiger partial charge in [-0.25, -0.2) is 4.39 Å². The lowest BCUT2D eigenvalue weighted by Crippen LogP contribution is -2.29. The van der Waals surface area contributed by atoms with Gasteiger partial charge in [0.05, 0.1) is 30.1 Å². The SMILES string of the molecule is COc1ccccc1N1C(=S)N[C@@H](c2ccccn2)[C@H]1c1ccc(-c2ccc(Br)cc2F)o1. The third-order valence-corrected chi connectivity index (χ3v) is 6.37. The van der Waals surface area contributed by atoms with E-state index >= 15 is 0 Å². The number of anilines is 1. The van der Waals surface area contributed by atoms with Gasteiger partial charge in [0.15, 0.2) is 5.11 Å². The third kappa shape index (κ3) is 4.00. The van der Waals surface area contributed by atoms with E-state index in [-0.39, 0.29) is 17.9 Å². The predicted molar refractivity (Wildman–Crippen MR) is 133 cm³/mol. The molecule has 0 saturated carbocycles. The highest BCUT2D eigenvalue weighted by Gasteiger charge is 2.43. The number of methoxy groups -OCH3 is 1. The fourth-order valence-electron chi connectivity index (χ4n) is 4.08. The summed E-state index contributed by atoms with van der Waals surface area (Å²) in [5.41, 5.74) is 2.00. The summed E-state index contributed by atoms with van der Waals surface area (Å²) in [4.78, 5) is 6.51. The van der Waals surface area contributed by atoms with E-state index < -0.39 is 0 Å². The average Bonchev–Trinajstić information content (AvgIpc) is 3.44. The Morgan fingerprint density at radius 2 is 1.91 bits per heavy atom. The number of benzene rings is 2. The van der Waals surface area contributed by atoms with Crippen LogP contribution in [0.25, 0.3) is 11.3 Å². The second kappa shape index (κ2) is 8.96. The van der Waals surface area contributed by atoms with Gasteiger partial charge in [0.1, 0.15) is 29.1 Å². The van der Waals surface area contributed by atoms with Crippen molar-refractivity contribution in [3.63, 3.8) is 0 Å². The molecule has 1 aliphatic heterocycles. The van der Waals surface area contributed by atoms with Crippen molar-refractivity contribution in [2.45, 2.75) is 12.1 Å². The van der Waals surface area contributed by atoms with Crippen molar-refractivity contribution in [2.75, 3.05) is 12.0 Å². The number of halogens is 2. The Morgan fingerprint density at radius 3 is 2.67 bits per heavy atom. The van der Waals surface area contributed by atoms with E-state index in [4.69, 9.17) is 21.4 Å². The molecule has 166 valence electrons. The highest BCUT2D eigenvalue weighted by atomic mass is 79.9. The molecular formula is C25H19BrFN3O2S. The number of aromatic nitrogens is 1. The van der Waals surface area contributed by atoms with Gasteiger partial charge in [-0.15, -0.1) is 0 Å². The molecule has 2 aromatic carbocycles. The van der Waals surface area contributed by atoms with E-state index in [0.29, 0.717) is 32.4 Å². The lowest BCUT2D eigenvalue weighted by molar-refractivity contribution is 0.409. The molecule has 8 heteroatoms. The number of pyridine rings is 1. The quantitative estimate of drug-likeness (QED) is 0.304. The van der Waals surface area contributed by atoms with Crippen molar-refractivity contribution >= 4 is 38.9 Å². The van der Waals surface area contributed by atoms with Gasteiger partial charge in [-0.05, 0) is 66.8 Å². The molecule has 0 spiro atoms. The fraction of sp³-hybridized carbons (Fsp3) is 0.120. The molecule has 1 aliphatic rings. The van der Waals surface area contributed by atoms with Crippen LogP contribution in [0.1, 0.15) is 23.5 Å². The van der Waals surface area contributed by atoms with E-state index in [2.05, 4.69) is 26.2 Å². The second-order valence-electron chi connectivity index (χ2n) is 7.49. The maximum atomic E-state index is 14.6. The minimum absolute atomic E-state index is 0.280. The van der Waals surface area contributed by atoms with Crippen molar-refractivity contribution < 1.29 is 13.5 Å². The summed E-state index contributed by atoms with van der Waals surface area (Å²) >= 11 is 9.04. The molecule has 1 N–H and O–H groups in total. The van der Waals surface area contributed by atoms with Crippen LogP contribution in [-0.2, 0) is 0 Å². The fourth-order valence-corrected chi connectivity index (χ4v) is 4.75. The summed E-state index contributed by atoms with van der Waals surface area (Å²) in [6.45, 7) is 0. The molecule has 33 heavy (non-hydrogen) atoms. The van der Waals surface area contributed by atoms with Crippen LogP contribution in [0.15, 0.2) is 87.9 Å². The molecule has 4 aromatic rings. The Morgan fingerprint density at radius 1 is 1.09 bits per heavy atom. The maximum absolute atomic E-state index is 14.6. The number of furan rings is 1. The van der Waals surface area contributed by atoms with Crippen LogP contribution >= 0.6 is 28.1 Å². The van der Waals surface area contributed by atoms with Crippen molar-refractivity contribution in [1.29, 1.82) is 0 Å². The topological polar surface area (TPSA) is 50.5 Å². The van der Waals surface area contributed by atoms with Gasteiger partial charge in [0.25, 0.3) is 0 Å². The van der Waals surface area contributed by atoms with Gasteiger partial charge < -0.3 is 19.4 Å². The average molecular weight is 524 g/mol. The minimum Gasteiger partial charge on any atom is -0.495 e. The Labute approximate surface area is 204 Å². The zero-order chi connectivity index (χ0) is 22.9. The van der Waals surface area contributed by atoms with E-state index in [1.165, 1.54) is 6.07 Å².